The second-order valence-corrected chi connectivity index (χ2v) is 7.23. The van der Waals surface area contributed by atoms with Crippen molar-refractivity contribution in [3.05, 3.63) is 57.0 Å². The van der Waals surface area contributed by atoms with Crippen LogP contribution in [0.2, 0.25) is 5.02 Å². The number of benzene rings is 2. The van der Waals surface area contributed by atoms with Crippen molar-refractivity contribution in [2.24, 2.45) is 0 Å². The van der Waals surface area contributed by atoms with Crippen molar-refractivity contribution in [1.29, 1.82) is 0 Å². The Morgan fingerprint density at radius 1 is 1.15 bits per heavy atom. The van der Waals surface area contributed by atoms with Gasteiger partial charge in [0.2, 0.25) is 0 Å². The summed E-state index contributed by atoms with van der Waals surface area (Å²) < 4.78 is 45.4. The smallest absolute Gasteiger partial charge is 0.378 e. The molecule has 0 unspecified atom stereocenters. The van der Waals surface area contributed by atoms with Crippen LogP contribution < -0.4 is 10.2 Å². The molecule has 0 atom stereocenters. The summed E-state index contributed by atoms with van der Waals surface area (Å²) in [6.45, 7) is 1.97. The number of alkyl halides is 3. The van der Waals surface area contributed by atoms with Crippen molar-refractivity contribution in [3.8, 4) is 0 Å². The Morgan fingerprint density at radius 2 is 1.85 bits per heavy atom. The van der Waals surface area contributed by atoms with Crippen molar-refractivity contribution >= 4 is 44.8 Å². The molecule has 9 heteroatoms. The van der Waals surface area contributed by atoms with E-state index in [4.69, 9.17) is 16.3 Å². The number of amides is 1. The predicted octanol–water partition coefficient (Wildman–Crippen LogP) is 5.21. The molecule has 1 fully saturated rings. The number of morpholine rings is 1. The van der Waals surface area contributed by atoms with E-state index in [1.807, 2.05) is 4.90 Å². The largest absolute Gasteiger partial charge is 0.416 e. The van der Waals surface area contributed by atoms with Gasteiger partial charge >= 0.3 is 6.18 Å². The first kappa shape index (κ1) is 20.0. The summed E-state index contributed by atoms with van der Waals surface area (Å²) in [6, 6.07) is 8.03. The number of hydrogen-bond donors (Lipinski definition) is 1. The third kappa shape index (κ3) is 4.75. The van der Waals surface area contributed by atoms with Gasteiger partial charge in [-0.1, -0.05) is 27.5 Å². The van der Waals surface area contributed by atoms with E-state index in [1.165, 1.54) is 18.2 Å². The maximum atomic E-state index is 13.1. The topological polar surface area (TPSA) is 41.6 Å². The Balaban J connectivity index is 1.97. The van der Waals surface area contributed by atoms with Crippen molar-refractivity contribution in [2.75, 3.05) is 36.5 Å². The number of halogens is 5. The van der Waals surface area contributed by atoms with Crippen molar-refractivity contribution in [3.63, 3.8) is 0 Å². The second kappa shape index (κ2) is 8.08. The summed E-state index contributed by atoms with van der Waals surface area (Å²) in [7, 11) is 0. The van der Waals surface area contributed by atoms with Crippen LogP contribution in [0.3, 0.4) is 0 Å². The van der Waals surface area contributed by atoms with Gasteiger partial charge in [0, 0.05) is 17.6 Å². The van der Waals surface area contributed by atoms with E-state index < -0.39 is 17.6 Å². The standard InChI is InChI=1S/C18H15BrClF3N2O2/c19-12-2-3-14(20)13(10-12)17(26)24-15-9-11(18(21,22)23)1-4-16(15)25-5-7-27-8-6-25/h1-4,9-10H,5-8H2,(H,24,26). The first-order valence-electron chi connectivity index (χ1n) is 8.06. The summed E-state index contributed by atoms with van der Waals surface area (Å²) in [4.78, 5) is 14.5. The number of anilines is 2. The van der Waals surface area contributed by atoms with Crippen LogP contribution in [0.1, 0.15) is 15.9 Å². The molecule has 0 spiro atoms. The van der Waals surface area contributed by atoms with Gasteiger partial charge in [-0.2, -0.15) is 13.2 Å². The van der Waals surface area contributed by atoms with Gasteiger partial charge < -0.3 is 15.0 Å². The molecule has 4 nitrogen and oxygen atoms in total. The Hall–Kier alpha value is -1.77. The summed E-state index contributed by atoms with van der Waals surface area (Å²) >= 11 is 9.32. The van der Waals surface area contributed by atoms with Crippen LogP contribution in [0.5, 0.6) is 0 Å². The first-order valence-corrected chi connectivity index (χ1v) is 9.23. The molecule has 0 aliphatic carbocycles. The molecule has 1 heterocycles. The van der Waals surface area contributed by atoms with Gasteiger partial charge in [0.25, 0.3) is 5.91 Å². The third-order valence-electron chi connectivity index (χ3n) is 4.10. The molecular formula is C18H15BrClF3N2O2. The van der Waals surface area contributed by atoms with Crippen LogP contribution in [-0.4, -0.2) is 32.2 Å². The minimum atomic E-state index is -4.52. The van der Waals surface area contributed by atoms with E-state index in [2.05, 4.69) is 21.2 Å². The molecule has 1 N–H and O–H groups in total. The fourth-order valence-electron chi connectivity index (χ4n) is 2.75. The fourth-order valence-corrected chi connectivity index (χ4v) is 3.32. The van der Waals surface area contributed by atoms with E-state index in [9.17, 15) is 18.0 Å². The van der Waals surface area contributed by atoms with E-state index in [-0.39, 0.29) is 16.3 Å². The highest BCUT2D eigenvalue weighted by Gasteiger charge is 2.32. The lowest BCUT2D eigenvalue weighted by molar-refractivity contribution is -0.137. The predicted molar refractivity (Wildman–Crippen MR) is 102 cm³/mol. The zero-order valence-electron chi connectivity index (χ0n) is 13.9. The molecule has 2 aromatic rings. The number of carbonyl (C=O) groups is 1. The van der Waals surface area contributed by atoms with Gasteiger partial charge in [0.05, 0.1) is 40.7 Å². The molecule has 0 aromatic heterocycles. The molecule has 27 heavy (non-hydrogen) atoms. The minimum Gasteiger partial charge on any atom is -0.378 e. The molecule has 1 aliphatic heterocycles. The SMILES string of the molecule is O=C(Nc1cc(C(F)(F)F)ccc1N1CCOCC1)c1cc(Br)ccc1Cl. The number of ether oxygens (including phenoxy) is 1. The van der Waals surface area contributed by atoms with Gasteiger partial charge in [0.1, 0.15) is 0 Å². The number of nitrogens with zero attached hydrogens (tertiary/aromatic N) is 1. The fraction of sp³-hybridized carbons (Fsp3) is 0.278. The van der Waals surface area contributed by atoms with Crippen molar-refractivity contribution in [1.82, 2.24) is 0 Å². The molecule has 144 valence electrons. The normalized spacial score (nSPS) is 14.9. The first-order chi connectivity index (χ1) is 12.8. The van der Waals surface area contributed by atoms with E-state index in [0.717, 1.165) is 12.1 Å². The lowest BCUT2D eigenvalue weighted by Crippen LogP contribution is -2.36. The Labute approximate surface area is 167 Å². The lowest BCUT2D eigenvalue weighted by Gasteiger charge is -2.31. The van der Waals surface area contributed by atoms with Crippen LogP contribution in [-0.2, 0) is 10.9 Å². The quantitative estimate of drug-likeness (QED) is 0.679. The van der Waals surface area contributed by atoms with Crippen molar-refractivity contribution in [2.45, 2.75) is 6.18 Å². The van der Waals surface area contributed by atoms with Gasteiger partial charge in [-0.15, -0.1) is 0 Å². The van der Waals surface area contributed by atoms with Gasteiger partial charge in [-0.25, -0.2) is 0 Å². The Kier molecular flexibility index (Phi) is 5.98. The van der Waals surface area contributed by atoms with Crippen molar-refractivity contribution < 1.29 is 22.7 Å². The highest BCUT2D eigenvalue weighted by molar-refractivity contribution is 9.10. The van der Waals surface area contributed by atoms with Gasteiger partial charge in [0.15, 0.2) is 0 Å². The maximum Gasteiger partial charge on any atom is 0.416 e. The number of hydrogen-bond acceptors (Lipinski definition) is 3. The Morgan fingerprint density at radius 3 is 2.52 bits per heavy atom. The lowest BCUT2D eigenvalue weighted by atomic mass is 10.1. The highest BCUT2D eigenvalue weighted by Crippen LogP contribution is 2.36. The zero-order chi connectivity index (χ0) is 19.6. The van der Waals surface area contributed by atoms with Gasteiger partial charge in [-0.3, -0.25) is 4.79 Å². The summed E-state index contributed by atoms with van der Waals surface area (Å²) in [5.74, 6) is -0.588. The van der Waals surface area contributed by atoms with Crippen LogP contribution in [0.15, 0.2) is 40.9 Å². The molecule has 1 aliphatic rings. The molecule has 0 bridgehead atoms. The molecular weight excluding hydrogens is 449 g/mol. The number of nitrogens with one attached hydrogen (secondary N) is 1. The molecule has 1 saturated heterocycles. The summed E-state index contributed by atoms with van der Waals surface area (Å²) in [5, 5.41) is 2.78. The van der Waals surface area contributed by atoms with Crippen LogP contribution in [0.25, 0.3) is 0 Å². The van der Waals surface area contributed by atoms with Crippen LogP contribution in [0, 0.1) is 0 Å². The number of carbonyl (C=O) groups excluding carboxylic acids is 1. The Bertz CT molecular complexity index is 855. The minimum absolute atomic E-state index is 0.0766. The highest BCUT2D eigenvalue weighted by atomic mass is 79.9. The summed E-state index contributed by atoms with van der Waals surface area (Å²) in [5.41, 5.74) is -0.0925. The average Bonchev–Trinajstić information content (AvgIpc) is 2.63. The number of rotatable bonds is 3. The zero-order valence-corrected chi connectivity index (χ0v) is 16.3. The average molecular weight is 464 g/mol. The van der Waals surface area contributed by atoms with E-state index in [0.29, 0.717) is 36.5 Å². The monoisotopic (exact) mass is 462 g/mol. The van der Waals surface area contributed by atoms with Crippen LogP contribution in [0.4, 0.5) is 24.5 Å². The van der Waals surface area contributed by atoms with E-state index >= 15 is 0 Å². The molecule has 0 radical (unpaired) electrons. The molecule has 2 aromatic carbocycles. The second-order valence-electron chi connectivity index (χ2n) is 5.91. The van der Waals surface area contributed by atoms with E-state index in [1.54, 1.807) is 6.07 Å². The van der Waals surface area contributed by atoms with Gasteiger partial charge in [-0.05, 0) is 36.4 Å². The summed E-state index contributed by atoms with van der Waals surface area (Å²) in [6.07, 6.45) is -4.52. The van der Waals surface area contributed by atoms with Crippen LogP contribution >= 0.6 is 27.5 Å². The molecule has 3 rings (SSSR count). The molecule has 0 saturated carbocycles. The molecule has 1 amide bonds. The maximum absolute atomic E-state index is 13.1. The third-order valence-corrected chi connectivity index (χ3v) is 4.92.